The number of hydrogen-bond donors (Lipinski definition) is 0. The normalized spacial score (nSPS) is 18.3. The Morgan fingerprint density at radius 3 is 2.02 bits per heavy atom. The molecular formula is C44H44N2O4. The predicted octanol–water partition coefficient (Wildman–Crippen LogP) is 5.06. The van der Waals surface area contributed by atoms with Gasteiger partial charge in [-0.1, -0.05) is 107 Å². The summed E-state index contributed by atoms with van der Waals surface area (Å²) in [6.45, 7) is 14.5. The Labute approximate surface area is 292 Å². The highest BCUT2D eigenvalue weighted by Crippen LogP contribution is 2.49. The second kappa shape index (κ2) is 12.3. The third-order valence-electron chi connectivity index (χ3n) is 11.0. The van der Waals surface area contributed by atoms with Gasteiger partial charge in [-0.25, -0.2) is 0 Å². The highest BCUT2D eigenvalue weighted by molar-refractivity contribution is 6.37. The van der Waals surface area contributed by atoms with E-state index in [1.807, 2.05) is 24.3 Å². The highest BCUT2D eigenvalue weighted by Gasteiger charge is 2.44. The molecule has 7 rings (SSSR count). The number of hydrogen-bond acceptors (Lipinski definition) is 5. The fraction of sp³-hybridized carbons (Fsp3) is 0.318. The zero-order valence-electron chi connectivity index (χ0n) is 29.9. The highest BCUT2D eigenvalue weighted by atomic mass is 16.3. The Balaban J connectivity index is 1.27. The van der Waals surface area contributed by atoms with Crippen molar-refractivity contribution in [2.24, 2.45) is 0 Å². The van der Waals surface area contributed by atoms with Gasteiger partial charge < -0.3 is 10.0 Å². The number of fused-ring (bicyclic) bond motifs is 2. The molecule has 0 saturated carbocycles. The maximum Gasteiger partial charge on any atom is 0.209 e. The molecule has 6 heteroatoms. The number of Topliss-reactive ketones (excluding diaryl/α,β-unsaturated/α-hetero) is 1. The van der Waals surface area contributed by atoms with Crippen molar-refractivity contribution >= 4 is 34.5 Å². The topological polar surface area (TPSA) is 80.5 Å². The maximum atomic E-state index is 13.5. The summed E-state index contributed by atoms with van der Waals surface area (Å²) in [4.78, 5) is 42.8. The molecule has 0 N–H and O–H groups in total. The lowest BCUT2D eigenvalue weighted by atomic mass is 9.80. The van der Waals surface area contributed by atoms with Crippen molar-refractivity contribution in [3.05, 3.63) is 148 Å². The van der Waals surface area contributed by atoms with Crippen LogP contribution in [-0.4, -0.2) is 29.2 Å². The summed E-state index contributed by atoms with van der Waals surface area (Å²) in [5.74, 6) is -0.563. The van der Waals surface area contributed by atoms with E-state index in [0.717, 1.165) is 61.6 Å². The van der Waals surface area contributed by atoms with Crippen LogP contribution >= 0.6 is 0 Å². The van der Waals surface area contributed by atoms with Gasteiger partial charge in [-0.05, 0) is 48.4 Å². The molecule has 0 radical (unpaired) electrons. The molecule has 1 aliphatic carbocycles. The van der Waals surface area contributed by atoms with Crippen molar-refractivity contribution in [3.63, 3.8) is 0 Å². The number of allylic oxidation sites excluding steroid dienone is 4. The molecule has 0 saturated heterocycles. The minimum atomic E-state index is -0.356. The monoisotopic (exact) mass is 664 g/mol. The predicted molar refractivity (Wildman–Crippen MR) is 199 cm³/mol. The van der Waals surface area contributed by atoms with Crippen LogP contribution in [0.25, 0.3) is 11.6 Å². The number of ketones is 1. The first kappa shape index (κ1) is 33.4. The van der Waals surface area contributed by atoms with Gasteiger partial charge in [0.1, 0.15) is 6.54 Å². The van der Waals surface area contributed by atoms with Crippen molar-refractivity contribution in [2.75, 3.05) is 18.0 Å². The van der Waals surface area contributed by atoms with E-state index in [2.05, 4.69) is 75.3 Å². The third kappa shape index (κ3) is 4.99. The van der Waals surface area contributed by atoms with Gasteiger partial charge in [-0.3, -0.25) is 14.4 Å². The van der Waals surface area contributed by atoms with Crippen molar-refractivity contribution in [1.82, 2.24) is 0 Å². The molecule has 4 aromatic carbocycles. The standard InChI is InChI=1S/C44H44N2O4/c1-7-9-23-45-33-17-13-11-15-31(33)43(3,4)35(45)25-29-39(47)37(40(29)48)27-19-21-28(22-20-27)38-41(49)30(42(38)50)26-36-44(5,6)32-16-12-14-18-34(32)46(36)24-10-8-2/h11-22,25-26H,7-10,23-24H2,1-6H3/b35-25-. The average molecular weight is 665 g/mol. The second-order valence-electron chi connectivity index (χ2n) is 14.8. The number of carbonyl (C=O) groups excluding carboxylic acids is 1. The van der Waals surface area contributed by atoms with Crippen LogP contribution in [0.1, 0.15) is 78.4 Å². The van der Waals surface area contributed by atoms with E-state index >= 15 is 0 Å². The molecule has 0 spiro atoms. The van der Waals surface area contributed by atoms with Crippen molar-refractivity contribution in [2.45, 2.75) is 78.1 Å². The molecule has 6 nitrogen and oxygen atoms in total. The Kier molecular flexibility index (Phi) is 8.25. The van der Waals surface area contributed by atoms with E-state index in [-0.39, 0.29) is 54.8 Å². The molecule has 0 amide bonds. The molecule has 254 valence electrons. The largest absolute Gasteiger partial charge is 0.871 e. The van der Waals surface area contributed by atoms with E-state index in [1.165, 1.54) is 11.1 Å². The van der Waals surface area contributed by atoms with Crippen molar-refractivity contribution in [3.8, 4) is 0 Å². The number of benzene rings is 3. The number of unbranched alkanes of at least 4 members (excludes halogenated alkanes) is 2. The zero-order chi connectivity index (χ0) is 35.5. The molecular weight excluding hydrogens is 620 g/mol. The fourth-order valence-electron chi connectivity index (χ4n) is 8.01. The molecule has 0 aromatic heterocycles. The van der Waals surface area contributed by atoms with Crippen molar-refractivity contribution in [1.29, 1.82) is 0 Å². The Hall–Kier alpha value is -5.10. The first-order valence-electron chi connectivity index (χ1n) is 17.9. The van der Waals surface area contributed by atoms with Gasteiger partial charge in [0.05, 0.1) is 15.9 Å². The first-order valence-corrected chi connectivity index (χ1v) is 17.9. The lowest BCUT2D eigenvalue weighted by molar-refractivity contribution is -0.437. The minimum absolute atomic E-state index is 0.139. The van der Waals surface area contributed by atoms with E-state index in [1.54, 1.807) is 36.4 Å². The second-order valence-corrected chi connectivity index (χ2v) is 14.8. The smallest absolute Gasteiger partial charge is 0.209 e. The van der Waals surface area contributed by atoms with Crippen molar-refractivity contribution < 1.29 is 14.5 Å². The molecule has 0 bridgehead atoms. The number of rotatable bonds is 8. The minimum Gasteiger partial charge on any atom is -0.871 e. The van der Waals surface area contributed by atoms with Gasteiger partial charge in [-0.2, -0.15) is 4.58 Å². The summed E-state index contributed by atoms with van der Waals surface area (Å²) in [5.41, 5.74) is 5.58. The molecule has 0 atom stereocenters. The molecule has 3 aliphatic rings. The van der Waals surface area contributed by atoms with E-state index < -0.39 is 0 Å². The van der Waals surface area contributed by atoms with E-state index in [0.29, 0.717) is 10.4 Å². The quantitative estimate of drug-likeness (QED) is 0.246. The lowest BCUT2D eigenvalue weighted by Gasteiger charge is -2.32. The van der Waals surface area contributed by atoms with Gasteiger partial charge in [0.15, 0.2) is 11.5 Å². The Morgan fingerprint density at radius 2 is 1.36 bits per heavy atom. The van der Waals surface area contributed by atoms with E-state index in [9.17, 15) is 19.5 Å². The Morgan fingerprint density at radius 1 is 0.740 bits per heavy atom. The van der Waals surface area contributed by atoms with Gasteiger partial charge in [0, 0.05) is 58.6 Å². The summed E-state index contributed by atoms with van der Waals surface area (Å²) in [6.07, 6.45) is 7.64. The molecule has 0 unspecified atom stereocenters. The van der Waals surface area contributed by atoms with Crippen LogP contribution in [0.15, 0.2) is 105 Å². The fourth-order valence-corrected chi connectivity index (χ4v) is 8.01. The number of para-hydroxylation sites is 2. The van der Waals surface area contributed by atoms with Crippen LogP contribution in [0.4, 0.5) is 11.4 Å². The van der Waals surface area contributed by atoms with Gasteiger partial charge >= 0.3 is 0 Å². The summed E-state index contributed by atoms with van der Waals surface area (Å²) < 4.78 is 2.25. The molecule has 2 aliphatic heterocycles. The molecule has 2 heterocycles. The number of carbonyl (C=O) groups is 1. The SMILES string of the molecule is CCCCN1/C(=C\C2=C([O-])C(=c3ccc(=c4c(=O)c(=CC5=[N+](CCCC)c6ccccc6C5(C)C)c4=O)cc3)C2=O)C(C)(C)c2ccccc21. The van der Waals surface area contributed by atoms with Gasteiger partial charge in [-0.15, -0.1) is 0 Å². The zero-order valence-corrected chi connectivity index (χ0v) is 29.9. The van der Waals surface area contributed by atoms with Crippen LogP contribution in [-0.2, 0) is 15.6 Å². The molecule has 4 aromatic rings. The summed E-state index contributed by atoms with van der Waals surface area (Å²) in [7, 11) is 0. The van der Waals surface area contributed by atoms with E-state index in [4.69, 9.17) is 0 Å². The number of anilines is 1. The van der Waals surface area contributed by atoms with Crippen LogP contribution in [0.5, 0.6) is 0 Å². The Bertz CT molecular complexity index is 2430. The maximum absolute atomic E-state index is 13.5. The average Bonchev–Trinajstić information content (AvgIpc) is 3.46. The van der Waals surface area contributed by atoms with Crippen LogP contribution < -0.4 is 31.3 Å². The lowest BCUT2D eigenvalue weighted by Crippen LogP contribution is -2.51. The van der Waals surface area contributed by atoms with Gasteiger partial charge in [0.2, 0.25) is 16.5 Å². The third-order valence-corrected chi connectivity index (χ3v) is 11.0. The molecule has 50 heavy (non-hydrogen) atoms. The number of nitrogens with zero attached hydrogens (tertiary/aromatic N) is 2. The van der Waals surface area contributed by atoms with Crippen LogP contribution in [0.3, 0.4) is 0 Å². The first-order chi connectivity index (χ1) is 23.9. The van der Waals surface area contributed by atoms with Crippen LogP contribution in [0.2, 0.25) is 0 Å². The molecule has 0 fully saturated rings. The van der Waals surface area contributed by atoms with Gasteiger partial charge in [0.25, 0.3) is 0 Å². The summed E-state index contributed by atoms with van der Waals surface area (Å²) in [5, 5.41) is 14.8. The summed E-state index contributed by atoms with van der Waals surface area (Å²) in [6, 6.07) is 23.2. The summed E-state index contributed by atoms with van der Waals surface area (Å²) >= 11 is 0. The van der Waals surface area contributed by atoms with Crippen LogP contribution in [0, 0.1) is 10.4 Å².